The molecule has 0 spiro atoms. The summed E-state index contributed by atoms with van der Waals surface area (Å²) in [7, 11) is 8.07. The number of rotatable bonds is 5. The van der Waals surface area contributed by atoms with Crippen molar-refractivity contribution in [3.05, 3.63) is 48.3 Å². The molecule has 0 radical (unpaired) electrons. The third-order valence-corrected chi connectivity index (χ3v) is 3.76. The molecule has 23 heavy (non-hydrogen) atoms. The molecule has 0 fully saturated rings. The van der Waals surface area contributed by atoms with Crippen LogP contribution in [0.4, 0.5) is 17.2 Å². The lowest BCUT2D eigenvalue weighted by atomic mass is 10.2. The highest BCUT2D eigenvalue weighted by Gasteiger charge is 2.08. The van der Waals surface area contributed by atoms with Crippen molar-refractivity contribution in [3.63, 3.8) is 0 Å². The maximum Gasteiger partial charge on any atom is 0.180 e. The number of nitrogens with one attached hydrogen (secondary N) is 1. The Kier molecular flexibility index (Phi) is 4.06. The zero-order chi connectivity index (χ0) is 16.4. The summed E-state index contributed by atoms with van der Waals surface area (Å²) in [6, 6.07) is 10.4. The number of hydrogen-bond acceptors (Lipinski definition) is 5. The van der Waals surface area contributed by atoms with Gasteiger partial charge >= 0.3 is 0 Å². The predicted octanol–water partition coefficient (Wildman–Crippen LogP) is 2.47. The lowest BCUT2D eigenvalue weighted by Gasteiger charge is -2.13. The van der Waals surface area contributed by atoms with Crippen LogP contribution in [0, 0.1) is 0 Å². The molecular weight excluding hydrogens is 288 g/mol. The van der Waals surface area contributed by atoms with Crippen LogP contribution in [-0.2, 0) is 6.54 Å². The van der Waals surface area contributed by atoms with Crippen LogP contribution in [0.1, 0.15) is 5.56 Å². The third-order valence-electron chi connectivity index (χ3n) is 3.76. The molecular formula is C17H22N6. The average Bonchev–Trinajstić information content (AvgIpc) is 2.96. The lowest BCUT2D eigenvalue weighted by Crippen LogP contribution is -2.09. The molecule has 120 valence electrons. The Morgan fingerprint density at radius 1 is 1.00 bits per heavy atom. The van der Waals surface area contributed by atoms with Crippen LogP contribution >= 0.6 is 0 Å². The molecule has 0 unspecified atom stereocenters. The molecule has 2 aromatic heterocycles. The molecule has 0 aliphatic rings. The second-order valence-electron chi connectivity index (χ2n) is 5.92. The largest absolute Gasteiger partial charge is 0.378 e. The highest BCUT2D eigenvalue weighted by molar-refractivity contribution is 5.68. The van der Waals surface area contributed by atoms with Gasteiger partial charge in [0.2, 0.25) is 0 Å². The molecule has 0 atom stereocenters. The van der Waals surface area contributed by atoms with E-state index in [1.807, 2.05) is 51.6 Å². The van der Waals surface area contributed by atoms with Crippen molar-refractivity contribution >= 4 is 22.8 Å². The van der Waals surface area contributed by atoms with Crippen LogP contribution in [0.25, 0.3) is 5.65 Å². The van der Waals surface area contributed by atoms with Gasteiger partial charge in [0, 0.05) is 46.6 Å². The van der Waals surface area contributed by atoms with Crippen molar-refractivity contribution in [1.29, 1.82) is 0 Å². The van der Waals surface area contributed by atoms with Crippen LogP contribution in [0.3, 0.4) is 0 Å². The summed E-state index contributed by atoms with van der Waals surface area (Å²) in [6.45, 7) is 0.738. The van der Waals surface area contributed by atoms with E-state index in [1.54, 1.807) is 4.52 Å². The van der Waals surface area contributed by atoms with Crippen LogP contribution in [0.15, 0.2) is 42.7 Å². The van der Waals surface area contributed by atoms with Crippen molar-refractivity contribution < 1.29 is 0 Å². The first kappa shape index (κ1) is 15.1. The number of benzene rings is 1. The molecule has 1 N–H and O–H groups in total. The molecule has 2 heterocycles. The molecule has 0 aliphatic carbocycles. The first-order chi connectivity index (χ1) is 11.0. The molecule has 0 saturated heterocycles. The first-order valence-corrected chi connectivity index (χ1v) is 7.56. The van der Waals surface area contributed by atoms with Gasteiger partial charge in [-0.05, 0) is 23.8 Å². The fourth-order valence-electron chi connectivity index (χ4n) is 2.38. The molecule has 6 heteroatoms. The SMILES string of the molecule is CN(C)c1ccc(CNc2ccn3ncc(N(C)C)c3n2)cc1. The number of aromatic nitrogens is 3. The molecule has 1 aromatic carbocycles. The number of hydrogen-bond donors (Lipinski definition) is 1. The van der Waals surface area contributed by atoms with E-state index in [0.29, 0.717) is 0 Å². The minimum atomic E-state index is 0.738. The molecule has 6 nitrogen and oxygen atoms in total. The minimum Gasteiger partial charge on any atom is -0.378 e. The van der Waals surface area contributed by atoms with E-state index in [0.717, 1.165) is 23.7 Å². The van der Waals surface area contributed by atoms with Gasteiger partial charge in [-0.15, -0.1) is 0 Å². The number of anilines is 3. The zero-order valence-electron chi connectivity index (χ0n) is 14.0. The van der Waals surface area contributed by atoms with Crippen molar-refractivity contribution in [2.45, 2.75) is 6.54 Å². The fourth-order valence-corrected chi connectivity index (χ4v) is 2.38. The predicted molar refractivity (Wildman–Crippen MR) is 95.4 cm³/mol. The topological polar surface area (TPSA) is 48.7 Å². The normalized spacial score (nSPS) is 10.8. The van der Waals surface area contributed by atoms with E-state index in [-0.39, 0.29) is 0 Å². The van der Waals surface area contributed by atoms with Crippen molar-refractivity contribution in [1.82, 2.24) is 14.6 Å². The van der Waals surface area contributed by atoms with Gasteiger partial charge in [0.25, 0.3) is 0 Å². The summed E-state index contributed by atoms with van der Waals surface area (Å²) >= 11 is 0. The van der Waals surface area contributed by atoms with Crippen molar-refractivity contribution in [2.75, 3.05) is 43.3 Å². The molecule has 0 amide bonds. The Bertz CT molecular complexity index is 788. The van der Waals surface area contributed by atoms with E-state index in [9.17, 15) is 0 Å². The number of nitrogens with zero attached hydrogens (tertiary/aromatic N) is 5. The summed E-state index contributed by atoms with van der Waals surface area (Å²) in [5.41, 5.74) is 4.27. The van der Waals surface area contributed by atoms with Crippen LogP contribution in [0.5, 0.6) is 0 Å². The van der Waals surface area contributed by atoms with Gasteiger partial charge < -0.3 is 15.1 Å². The Morgan fingerprint density at radius 3 is 2.39 bits per heavy atom. The highest BCUT2D eigenvalue weighted by atomic mass is 15.3. The van der Waals surface area contributed by atoms with Crippen LogP contribution in [0.2, 0.25) is 0 Å². The fraction of sp³-hybridized carbons (Fsp3) is 0.294. The van der Waals surface area contributed by atoms with E-state index in [4.69, 9.17) is 0 Å². The third kappa shape index (κ3) is 3.21. The Labute approximate surface area is 136 Å². The van der Waals surface area contributed by atoms with Gasteiger partial charge in [-0.3, -0.25) is 0 Å². The standard InChI is InChI=1S/C17H22N6/c1-21(2)14-7-5-13(6-8-14)11-18-16-9-10-23-17(20-16)15(12-19-23)22(3)4/h5-10,12H,11H2,1-4H3,(H,18,20). The van der Waals surface area contributed by atoms with Crippen molar-refractivity contribution in [2.24, 2.45) is 0 Å². The highest BCUT2D eigenvalue weighted by Crippen LogP contribution is 2.19. The molecule has 0 bridgehead atoms. The van der Waals surface area contributed by atoms with Gasteiger partial charge in [0.15, 0.2) is 5.65 Å². The van der Waals surface area contributed by atoms with Gasteiger partial charge in [0.05, 0.1) is 6.20 Å². The zero-order valence-corrected chi connectivity index (χ0v) is 14.0. The quantitative estimate of drug-likeness (QED) is 0.784. The molecule has 0 saturated carbocycles. The minimum absolute atomic E-state index is 0.738. The summed E-state index contributed by atoms with van der Waals surface area (Å²) in [5, 5.41) is 7.68. The van der Waals surface area contributed by atoms with Gasteiger partial charge in [0.1, 0.15) is 11.5 Å². The van der Waals surface area contributed by atoms with Crippen molar-refractivity contribution in [3.8, 4) is 0 Å². The smallest absolute Gasteiger partial charge is 0.180 e. The van der Waals surface area contributed by atoms with E-state index < -0.39 is 0 Å². The first-order valence-electron chi connectivity index (χ1n) is 7.56. The van der Waals surface area contributed by atoms with Gasteiger partial charge in [-0.1, -0.05) is 12.1 Å². The van der Waals surface area contributed by atoms with Gasteiger partial charge in [-0.2, -0.15) is 5.10 Å². The number of fused-ring (bicyclic) bond motifs is 1. The van der Waals surface area contributed by atoms with E-state index in [2.05, 4.69) is 44.6 Å². The Hall–Kier alpha value is -2.76. The molecule has 0 aliphatic heterocycles. The summed E-state index contributed by atoms with van der Waals surface area (Å²) < 4.78 is 1.78. The summed E-state index contributed by atoms with van der Waals surface area (Å²) in [6.07, 6.45) is 3.75. The van der Waals surface area contributed by atoms with Crippen LogP contribution in [-0.4, -0.2) is 42.8 Å². The lowest BCUT2D eigenvalue weighted by molar-refractivity contribution is 0.936. The molecule has 3 aromatic rings. The monoisotopic (exact) mass is 310 g/mol. The van der Waals surface area contributed by atoms with E-state index >= 15 is 0 Å². The van der Waals surface area contributed by atoms with Gasteiger partial charge in [-0.25, -0.2) is 9.50 Å². The van der Waals surface area contributed by atoms with Crippen LogP contribution < -0.4 is 15.1 Å². The second-order valence-corrected chi connectivity index (χ2v) is 5.92. The Balaban J connectivity index is 1.75. The maximum atomic E-state index is 4.66. The summed E-state index contributed by atoms with van der Waals surface area (Å²) in [5.74, 6) is 0.845. The average molecular weight is 310 g/mol. The second kappa shape index (κ2) is 6.16. The maximum absolute atomic E-state index is 4.66. The summed E-state index contributed by atoms with van der Waals surface area (Å²) in [4.78, 5) is 8.76. The molecule has 3 rings (SSSR count). The Morgan fingerprint density at radius 2 is 1.74 bits per heavy atom. The van der Waals surface area contributed by atoms with E-state index in [1.165, 1.54) is 11.3 Å².